The Labute approximate surface area is 127 Å². The summed E-state index contributed by atoms with van der Waals surface area (Å²) >= 11 is 0. The van der Waals surface area contributed by atoms with E-state index in [9.17, 15) is 4.79 Å². The maximum Gasteiger partial charge on any atom is 0.222 e. The maximum absolute atomic E-state index is 11.8. The summed E-state index contributed by atoms with van der Waals surface area (Å²) < 4.78 is 3.42. The minimum absolute atomic E-state index is 0.0250. The molecule has 0 aliphatic heterocycles. The van der Waals surface area contributed by atoms with Crippen molar-refractivity contribution in [1.29, 1.82) is 0 Å². The molecule has 2 heterocycles. The molecular formula is C15H16N6O. The normalized spacial score (nSPS) is 10.5. The highest BCUT2D eigenvalue weighted by Crippen LogP contribution is 2.07. The Morgan fingerprint density at radius 2 is 2.05 bits per heavy atom. The van der Waals surface area contributed by atoms with Gasteiger partial charge in [0.2, 0.25) is 5.91 Å². The standard InChI is InChI=1S/C15H16N6O/c22-15(6-7-20-12-16-11-19-20)17-8-13-9-18-21(10-13)14-4-2-1-3-5-14/h1-5,9-12H,6-8H2,(H,17,22). The van der Waals surface area contributed by atoms with Crippen LogP contribution in [-0.2, 0) is 17.9 Å². The molecule has 7 nitrogen and oxygen atoms in total. The van der Waals surface area contributed by atoms with E-state index in [-0.39, 0.29) is 5.91 Å². The zero-order valence-electron chi connectivity index (χ0n) is 12.0. The van der Waals surface area contributed by atoms with Crippen LogP contribution >= 0.6 is 0 Å². The van der Waals surface area contributed by atoms with Crippen LogP contribution in [0.2, 0.25) is 0 Å². The van der Waals surface area contributed by atoms with E-state index in [0.717, 1.165) is 11.3 Å². The predicted octanol–water partition coefficient (Wildman–Crippen LogP) is 1.17. The molecule has 0 radical (unpaired) electrons. The van der Waals surface area contributed by atoms with Crippen LogP contribution in [0.25, 0.3) is 5.69 Å². The van der Waals surface area contributed by atoms with Crippen LogP contribution in [0, 0.1) is 0 Å². The van der Waals surface area contributed by atoms with E-state index >= 15 is 0 Å². The van der Waals surface area contributed by atoms with Crippen LogP contribution in [0.5, 0.6) is 0 Å². The molecule has 0 fully saturated rings. The summed E-state index contributed by atoms with van der Waals surface area (Å²) in [4.78, 5) is 15.6. The number of aryl methyl sites for hydroxylation is 1. The molecule has 7 heteroatoms. The first-order valence-corrected chi connectivity index (χ1v) is 6.99. The molecule has 0 atom stereocenters. The number of para-hydroxylation sites is 1. The van der Waals surface area contributed by atoms with Gasteiger partial charge in [0.25, 0.3) is 0 Å². The molecule has 0 saturated heterocycles. The van der Waals surface area contributed by atoms with E-state index in [1.165, 1.54) is 6.33 Å². The van der Waals surface area contributed by atoms with Crippen molar-refractivity contribution >= 4 is 5.91 Å². The van der Waals surface area contributed by atoms with Gasteiger partial charge in [0.05, 0.1) is 18.4 Å². The molecular weight excluding hydrogens is 280 g/mol. The number of rotatable bonds is 6. The fourth-order valence-corrected chi connectivity index (χ4v) is 2.03. The highest BCUT2D eigenvalue weighted by Gasteiger charge is 2.04. The summed E-state index contributed by atoms with van der Waals surface area (Å²) in [5.41, 5.74) is 1.95. The molecule has 3 rings (SSSR count). The lowest BCUT2D eigenvalue weighted by Crippen LogP contribution is -2.23. The summed E-state index contributed by atoms with van der Waals surface area (Å²) in [6.45, 7) is 0.984. The third-order valence-corrected chi connectivity index (χ3v) is 3.18. The van der Waals surface area contributed by atoms with Crippen molar-refractivity contribution < 1.29 is 4.79 Å². The molecule has 3 aromatic rings. The number of nitrogens with zero attached hydrogens (tertiary/aromatic N) is 5. The van der Waals surface area contributed by atoms with Crippen molar-refractivity contribution in [2.24, 2.45) is 0 Å². The molecule has 1 N–H and O–H groups in total. The quantitative estimate of drug-likeness (QED) is 0.740. The van der Waals surface area contributed by atoms with Crippen molar-refractivity contribution in [3.8, 4) is 5.69 Å². The summed E-state index contributed by atoms with van der Waals surface area (Å²) in [5.74, 6) is -0.0250. The smallest absolute Gasteiger partial charge is 0.222 e. The summed E-state index contributed by atoms with van der Waals surface area (Å²) in [5, 5.41) is 11.1. The first-order valence-electron chi connectivity index (χ1n) is 6.99. The molecule has 1 aromatic carbocycles. The van der Waals surface area contributed by atoms with Crippen molar-refractivity contribution in [3.05, 3.63) is 60.9 Å². The molecule has 0 bridgehead atoms. The van der Waals surface area contributed by atoms with Gasteiger partial charge in [-0.2, -0.15) is 10.2 Å². The number of amides is 1. The van der Waals surface area contributed by atoms with Gasteiger partial charge in [0, 0.05) is 24.7 Å². The lowest BCUT2D eigenvalue weighted by molar-refractivity contribution is -0.121. The average molecular weight is 296 g/mol. The van der Waals surface area contributed by atoms with Gasteiger partial charge < -0.3 is 5.32 Å². The number of carbonyl (C=O) groups is 1. The number of aromatic nitrogens is 5. The Morgan fingerprint density at radius 1 is 1.18 bits per heavy atom. The van der Waals surface area contributed by atoms with Crippen molar-refractivity contribution in [2.45, 2.75) is 19.5 Å². The van der Waals surface area contributed by atoms with E-state index in [2.05, 4.69) is 20.5 Å². The van der Waals surface area contributed by atoms with Crippen molar-refractivity contribution in [2.75, 3.05) is 0 Å². The van der Waals surface area contributed by atoms with Crippen LogP contribution in [0.4, 0.5) is 0 Å². The van der Waals surface area contributed by atoms with Crippen LogP contribution in [-0.4, -0.2) is 30.5 Å². The highest BCUT2D eigenvalue weighted by molar-refractivity contribution is 5.75. The minimum Gasteiger partial charge on any atom is -0.352 e. The SMILES string of the molecule is O=C(CCn1cncn1)NCc1cnn(-c2ccccc2)c1. The summed E-state index contributed by atoms with van der Waals surface area (Å²) in [6, 6.07) is 9.84. The Bertz CT molecular complexity index is 720. The first-order chi connectivity index (χ1) is 10.8. The molecule has 0 spiro atoms. The zero-order chi connectivity index (χ0) is 15.2. The number of hydrogen-bond donors (Lipinski definition) is 1. The largest absolute Gasteiger partial charge is 0.352 e. The molecule has 1 amide bonds. The third-order valence-electron chi connectivity index (χ3n) is 3.18. The second-order valence-electron chi connectivity index (χ2n) is 4.81. The van der Waals surface area contributed by atoms with Gasteiger partial charge >= 0.3 is 0 Å². The Kier molecular flexibility index (Phi) is 4.24. The van der Waals surface area contributed by atoms with E-state index in [4.69, 9.17) is 0 Å². The Hall–Kier alpha value is -2.96. The third kappa shape index (κ3) is 3.57. The van der Waals surface area contributed by atoms with Crippen LogP contribution in [0.15, 0.2) is 55.4 Å². The fourth-order valence-electron chi connectivity index (χ4n) is 2.03. The molecule has 22 heavy (non-hydrogen) atoms. The van der Waals surface area contributed by atoms with Crippen LogP contribution in [0.1, 0.15) is 12.0 Å². The van der Waals surface area contributed by atoms with Crippen LogP contribution in [0.3, 0.4) is 0 Å². The lowest BCUT2D eigenvalue weighted by Gasteiger charge is -2.03. The number of nitrogens with one attached hydrogen (secondary N) is 1. The number of benzene rings is 1. The number of carbonyl (C=O) groups excluding carboxylic acids is 1. The predicted molar refractivity (Wildman–Crippen MR) is 80.0 cm³/mol. The Balaban J connectivity index is 1.49. The maximum atomic E-state index is 11.8. The molecule has 0 saturated carbocycles. The molecule has 0 unspecified atom stereocenters. The lowest BCUT2D eigenvalue weighted by atomic mass is 10.3. The average Bonchev–Trinajstić information content (AvgIpc) is 3.23. The highest BCUT2D eigenvalue weighted by atomic mass is 16.1. The van der Waals surface area contributed by atoms with E-state index in [0.29, 0.717) is 19.5 Å². The molecule has 2 aromatic heterocycles. The van der Waals surface area contributed by atoms with Gasteiger partial charge in [-0.3, -0.25) is 9.48 Å². The Morgan fingerprint density at radius 3 is 2.82 bits per heavy atom. The second kappa shape index (κ2) is 6.66. The van der Waals surface area contributed by atoms with E-state index in [1.54, 1.807) is 21.9 Å². The van der Waals surface area contributed by atoms with Gasteiger partial charge in [-0.1, -0.05) is 18.2 Å². The summed E-state index contributed by atoms with van der Waals surface area (Å²) in [7, 11) is 0. The van der Waals surface area contributed by atoms with E-state index < -0.39 is 0 Å². The first kappa shape index (κ1) is 14.0. The second-order valence-corrected chi connectivity index (χ2v) is 4.81. The van der Waals surface area contributed by atoms with Gasteiger partial charge in [-0.15, -0.1) is 0 Å². The van der Waals surface area contributed by atoms with Crippen molar-refractivity contribution in [1.82, 2.24) is 29.9 Å². The van der Waals surface area contributed by atoms with Gasteiger partial charge in [-0.05, 0) is 12.1 Å². The van der Waals surface area contributed by atoms with Crippen LogP contribution < -0.4 is 5.32 Å². The van der Waals surface area contributed by atoms with Crippen molar-refractivity contribution in [3.63, 3.8) is 0 Å². The van der Waals surface area contributed by atoms with Gasteiger partial charge in [0.15, 0.2) is 0 Å². The topological polar surface area (TPSA) is 77.6 Å². The fraction of sp³-hybridized carbons (Fsp3) is 0.200. The minimum atomic E-state index is -0.0250. The van der Waals surface area contributed by atoms with E-state index in [1.807, 2.05) is 36.5 Å². The van der Waals surface area contributed by atoms with Gasteiger partial charge in [0.1, 0.15) is 12.7 Å². The molecule has 0 aliphatic carbocycles. The van der Waals surface area contributed by atoms with Gasteiger partial charge in [-0.25, -0.2) is 9.67 Å². The molecule has 0 aliphatic rings. The zero-order valence-corrected chi connectivity index (χ0v) is 12.0. The number of hydrogen-bond acceptors (Lipinski definition) is 4. The monoisotopic (exact) mass is 296 g/mol. The summed E-state index contributed by atoms with van der Waals surface area (Å²) in [6.07, 6.45) is 7.08. The molecule has 112 valence electrons.